The lowest BCUT2D eigenvalue weighted by molar-refractivity contribution is -0.143. The molecule has 0 amide bonds. The third-order valence-corrected chi connectivity index (χ3v) is 10.3. The standard InChI is InChI=1S/C28H38O5/c1-17(14-25(31)20(15-29)21(16-30)26(32)33)22-9-10-23-19-8-7-18-6-4-5-12-27(18,2)24(19)11-13-28(22,23)3/h16-18,21-23H,4-14H2,1-3H3,(H,32,33)/t17-,18?,21?,22-,23+,27+,28-/m1/s1. The summed E-state index contributed by atoms with van der Waals surface area (Å²) < 4.78 is 0. The van der Waals surface area contributed by atoms with E-state index in [1.807, 2.05) is 0 Å². The molecular formula is C28H38O5. The predicted octanol–water partition coefficient (Wildman–Crippen LogP) is 5.35. The molecule has 180 valence electrons. The minimum absolute atomic E-state index is 0.0284. The number of ketones is 1. The third-order valence-electron chi connectivity index (χ3n) is 10.3. The minimum atomic E-state index is -1.72. The number of carbonyl (C=O) groups excluding carboxylic acids is 3. The normalized spacial score (nSPS) is 37.1. The molecule has 4 rings (SSSR count). The smallest absolute Gasteiger partial charge is 0.319 e. The zero-order valence-corrected chi connectivity index (χ0v) is 20.3. The van der Waals surface area contributed by atoms with Crippen LogP contribution in [0.4, 0.5) is 0 Å². The molecular weight excluding hydrogens is 416 g/mol. The van der Waals surface area contributed by atoms with Crippen molar-refractivity contribution in [1.29, 1.82) is 0 Å². The van der Waals surface area contributed by atoms with Crippen molar-refractivity contribution in [3.05, 3.63) is 16.7 Å². The first-order chi connectivity index (χ1) is 15.7. The second-order valence-corrected chi connectivity index (χ2v) is 11.7. The zero-order chi connectivity index (χ0) is 24.0. The molecule has 0 heterocycles. The monoisotopic (exact) mass is 454 g/mol. The lowest BCUT2D eigenvalue weighted by atomic mass is 9.50. The molecule has 0 aliphatic heterocycles. The van der Waals surface area contributed by atoms with Gasteiger partial charge in [-0.15, -0.1) is 0 Å². The van der Waals surface area contributed by atoms with Crippen molar-refractivity contribution in [1.82, 2.24) is 0 Å². The number of carboxylic acid groups (broad SMARTS) is 1. The van der Waals surface area contributed by atoms with Crippen LogP contribution in [0.15, 0.2) is 16.7 Å². The van der Waals surface area contributed by atoms with Gasteiger partial charge in [0.15, 0.2) is 11.7 Å². The number of carbonyl (C=O) groups is 3. The Bertz CT molecular complexity index is 925. The second-order valence-electron chi connectivity index (χ2n) is 11.7. The summed E-state index contributed by atoms with van der Waals surface area (Å²) in [5, 5.41) is 9.19. The third kappa shape index (κ3) is 3.87. The molecule has 0 aromatic carbocycles. The molecule has 0 saturated heterocycles. The Morgan fingerprint density at radius 2 is 1.88 bits per heavy atom. The van der Waals surface area contributed by atoms with Crippen LogP contribution in [0.2, 0.25) is 0 Å². The zero-order valence-electron chi connectivity index (χ0n) is 20.3. The maximum absolute atomic E-state index is 12.8. The van der Waals surface area contributed by atoms with Gasteiger partial charge in [0.05, 0.1) is 0 Å². The number of aldehydes is 1. The summed E-state index contributed by atoms with van der Waals surface area (Å²) in [5.74, 6) is -0.481. The van der Waals surface area contributed by atoms with Crippen LogP contribution in [-0.4, -0.2) is 29.1 Å². The summed E-state index contributed by atoms with van der Waals surface area (Å²) in [7, 11) is 0. The van der Waals surface area contributed by atoms with Crippen molar-refractivity contribution in [2.45, 2.75) is 91.4 Å². The first-order valence-corrected chi connectivity index (χ1v) is 12.9. The fraction of sp³-hybridized carbons (Fsp3) is 0.750. The van der Waals surface area contributed by atoms with Gasteiger partial charge >= 0.3 is 5.97 Å². The summed E-state index contributed by atoms with van der Waals surface area (Å²) in [5.41, 5.74) is 3.48. The molecule has 0 radical (unpaired) electrons. The summed E-state index contributed by atoms with van der Waals surface area (Å²) in [4.78, 5) is 46.6. The largest absolute Gasteiger partial charge is 0.480 e. The van der Waals surface area contributed by atoms with Gasteiger partial charge in [-0.1, -0.05) is 44.8 Å². The predicted molar refractivity (Wildman–Crippen MR) is 125 cm³/mol. The van der Waals surface area contributed by atoms with E-state index in [0.717, 1.165) is 31.6 Å². The molecule has 0 spiro atoms. The Kier molecular flexibility index (Phi) is 6.57. The molecule has 2 saturated carbocycles. The van der Waals surface area contributed by atoms with Crippen LogP contribution in [0, 0.1) is 40.4 Å². The lowest BCUT2D eigenvalue weighted by Gasteiger charge is -2.54. The molecule has 4 aliphatic rings. The highest BCUT2D eigenvalue weighted by atomic mass is 16.4. The van der Waals surface area contributed by atoms with E-state index >= 15 is 0 Å². The Morgan fingerprint density at radius 1 is 1.12 bits per heavy atom. The number of rotatable bonds is 7. The Hall–Kier alpha value is -2.00. The Morgan fingerprint density at radius 3 is 2.55 bits per heavy atom. The highest BCUT2D eigenvalue weighted by Crippen LogP contribution is 2.65. The fourth-order valence-electron chi connectivity index (χ4n) is 8.56. The van der Waals surface area contributed by atoms with E-state index in [0.29, 0.717) is 17.3 Å². The van der Waals surface area contributed by atoms with E-state index in [2.05, 4.69) is 20.8 Å². The summed E-state index contributed by atoms with van der Waals surface area (Å²) in [6.07, 6.45) is 12.7. The summed E-state index contributed by atoms with van der Waals surface area (Å²) in [6.45, 7) is 6.98. The first-order valence-electron chi connectivity index (χ1n) is 12.9. The molecule has 0 aromatic rings. The summed E-state index contributed by atoms with van der Waals surface area (Å²) in [6, 6.07) is 0. The number of hydrogen-bond donors (Lipinski definition) is 1. The first kappa shape index (κ1) is 24.1. The topological polar surface area (TPSA) is 88.5 Å². The van der Waals surface area contributed by atoms with Gasteiger partial charge < -0.3 is 9.90 Å². The maximum atomic E-state index is 12.8. The highest BCUT2D eigenvalue weighted by molar-refractivity contribution is 6.11. The van der Waals surface area contributed by atoms with E-state index < -0.39 is 23.2 Å². The number of hydrogen-bond acceptors (Lipinski definition) is 4. The number of allylic oxidation sites excluding steroid dienone is 2. The quantitative estimate of drug-likeness (QED) is 0.184. The van der Waals surface area contributed by atoms with E-state index in [-0.39, 0.29) is 24.0 Å². The van der Waals surface area contributed by atoms with Crippen LogP contribution in [0.3, 0.4) is 0 Å². The van der Waals surface area contributed by atoms with Crippen LogP contribution in [0.5, 0.6) is 0 Å². The summed E-state index contributed by atoms with van der Waals surface area (Å²) >= 11 is 0. The van der Waals surface area contributed by atoms with Crippen molar-refractivity contribution in [3.8, 4) is 0 Å². The maximum Gasteiger partial charge on any atom is 0.319 e. The average molecular weight is 455 g/mol. The van der Waals surface area contributed by atoms with E-state index in [4.69, 9.17) is 0 Å². The van der Waals surface area contributed by atoms with Crippen LogP contribution in [0.25, 0.3) is 0 Å². The molecule has 4 aliphatic carbocycles. The van der Waals surface area contributed by atoms with Gasteiger partial charge in [-0.3, -0.25) is 9.59 Å². The van der Waals surface area contributed by atoms with Crippen molar-refractivity contribution in [2.75, 3.05) is 0 Å². The number of carboxylic acids is 1. The fourth-order valence-corrected chi connectivity index (χ4v) is 8.56. The molecule has 0 bridgehead atoms. The SMILES string of the molecule is C[C@H](CC(=O)C(=C=O)C(C=O)C(=O)O)[C@H]1CC[C@H]2C3=C(CC[C@]12C)[C@@]1(C)CCCCC1CC3. The van der Waals surface area contributed by atoms with Gasteiger partial charge in [0.1, 0.15) is 17.8 Å². The van der Waals surface area contributed by atoms with Crippen LogP contribution in [-0.2, 0) is 19.2 Å². The molecule has 1 N–H and O–H groups in total. The van der Waals surface area contributed by atoms with E-state index in [9.17, 15) is 24.3 Å². The van der Waals surface area contributed by atoms with Crippen molar-refractivity contribution in [3.63, 3.8) is 0 Å². The molecule has 0 aromatic heterocycles. The molecule has 2 fully saturated rings. The molecule has 2 unspecified atom stereocenters. The molecule has 33 heavy (non-hydrogen) atoms. The van der Waals surface area contributed by atoms with Crippen LogP contribution in [0.1, 0.15) is 91.4 Å². The Labute approximate surface area is 197 Å². The van der Waals surface area contributed by atoms with Gasteiger partial charge in [-0.25, -0.2) is 4.79 Å². The molecule has 5 heteroatoms. The van der Waals surface area contributed by atoms with Crippen molar-refractivity contribution in [2.24, 2.45) is 40.4 Å². The van der Waals surface area contributed by atoms with Crippen molar-refractivity contribution < 1.29 is 24.3 Å². The van der Waals surface area contributed by atoms with E-state index in [1.165, 1.54) is 44.5 Å². The van der Waals surface area contributed by atoms with Crippen molar-refractivity contribution >= 4 is 24.0 Å². The average Bonchev–Trinajstić information content (AvgIpc) is 3.13. The number of aliphatic carboxylic acids is 1. The minimum Gasteiger partial charge on any atom is -0.480 e. The van der Waals surface area contributed by atoms with Gasteiger partial charge in [0.25, 0.3) is 0 Å². The van der Waals surface area contributed by atoms with Gasteiger partial charge in [-0.05, 0) is 85.9 Å². The second kappa shape index (κ2) is 8.98. The Balaban J connectivity index is 1.53. The lowest BCUT2D eigenvalue weighted by Crippen LogP contribution is -2.44. The number of Topliss-reactive ketones (excluding diaryl/α,β-unsaturated/α-hetero) is 1. The van der Waals surface area contributed by atoms with E-state index in [1.54, 1.807) is 11.1 Å². The van der Waals surface area contributed by atoms with Gasteiger partial charge in [-0.2, -0.15) is 0 Å². The molecule has 5 nitrogen and oxygen atoms in total. The van der Waals surface area contributed by atoms with Gasteiger partial charge in [0, 0.05) is 6.42 Å². The number of fused-ring (bicyclic) bond motifs is 4. The van der Waals surface area contributed by atoms with Crippen LogP contribution < -0.4 is 0 Å². The highest BCUT2D eigenvalue weighted by Gasteiger charge is 2.55. The molecule has 7 atom stereocenters. The van der Waals surface area contributed by atoms with Gasteiger partial charge in [0.2, 0.25) is 0 Å². The van der Waals surface area contributed by atoms with Crippen LogP contribution >= 0.6 is 0 Å².